The third kappa shape index (κ3) is 1.88. The summed E-state index contributed by atoms with van der Waals surface area (Å²) in [5.74, 6) is -0.00611. The highest BCUT2D eigenvalue weighted by molar-refractivity contribution is 7.07. The van der Waals surface area contributed by atoms with Crippen LogP contribution in [0.5, 0.6) is 0 Å². The second kappa shape index (κ2) is 3.83. The van der Waals surface area contributed by atoms with Gasteiger partial charge in [0.1, 0.15) is 5.60 Å². The maximum Gasteiger partial charge on any atom is 0.168 e. The maximum absolute atomic E-state index is 11.8. The lowest BCUT2D eigenvalue weighted by Gasteiger charge is -2.19. The van der Waals surface area contributed by atoms with E-state index in [9.17, 15) is 9.90 Å². The zero-order valence-electron chi connectivity index (χ0n) is 8.03. The number of carbonyl (C=O) groups excluding carboxylic acids is 1. The van der Waals surface area contributed by atoms with Crippen molar-refractivity contribution in [3.63, 3.8) is 0 Å². The van der Waals surface area contributed by atoms with Crippen molar-refractivity contribution in [3.05, 3.63) is 22.4 Å². The van der Waals surface area contributed by atoms with Crippen LogP contribution in [0.15, 0.2) is 16.8 Å². The molecule has 3 heteroatoms. The molecule has 0 radical (unpaired) electrons. The predicted molar refractivity (Wildman–Crippen MR) is 56.4 cm³/mol. The van der Waals surface area contributed by atoms with Gasteiger partial charge in [-0.1, -0.05) is 0 Å². The quantitative estimate of drug-likeness (QED) is 0.830. The molecule has 1 saturated carbocycles. The van der Waals surface area contributed by atoms with Gasteiger partial charge in [-0.05, 0) is 48.1 Å². The molecule has 0 aromatic carbocycles. The van der Waals surface area contributed by atoms with Gasteiger partial charge in [-0.3, -0.25) is 4.79 Å². The molecular weight excluding hydrogens is 196 g/mol. The fourth-order valence-corrected chi connectivity index (χ4v) is 2.65. The Hall–Kier alpha value is -0.670. The molecule has 2 rings (SSSR count). The number of aliphatic hydroxyl groups is 1. The van der Waals surface area contributed by atoms with E-state index in [0.29, 0.717) is 19.3 Å². The summed E-state index contributed by atoms with van der Waals surface area (Å²) in [7, 11) is 0. The van der Waals surface area contributed by atoms with Gasteiger partial charge in [-0.25, -0.2) is 0 Å². The van der Waals surface area contributed by atoms with Crippen LogP contribution in [0.1, 0.15) is 31.2 Å². The summed E-state index contributed by atoms with van der Waals surface area (Å²) in [6.07, 6.45) is 3.64. The topological polar surface area (TPSA) is 37.3 Å². The molecule has 14 heavy (non-hydrogen) atoms. The molecule has 0 atom stereocenters. The Kier molecular flexibility index (Phi) is 2.70. The Morgan fingerprint density at radius 1 is 1.50 bits per heavy atom. The van der Waals surface area contributed by atoms with Crippen molar-refractivity contribution in [2.24, 2.45) is 0 Å². The molecule has 1 N–H and O–H groups in total. The van der Waals surface area contributed by atoms with E-state index in [1.165, 1.54) is 0 Å². The average molecular weight is 210 g/mol. The first-order valence-electron chi connectivity index (χ1n) is 4.97. The van der Waals surface area contributed by atoms with Crippen molar-refractivity contribution in [3.8, 4) is 0 Å². The molecule has 0 spiro atoms. The van der Waals surface area contributed by atoms with Crippen molar-refractivity contribution in [2.45, 2.75) is 37.7 Å². The van der Waals surface area contributed by atoms with Gasteiger partial charge in [0.2, 0.25) is 0 Å². The van der Waals surface area contributed by atoms with E-state index in [4.69, 9.17) is 0 Å². The van der Waals surface area contributed by atoms with E-state index in [1.54, 1.807) is 11.3 Å². The first-order chi connectivity index (χ1) is 6.71. The first-order valence-corrected chi connectivity index (χ1v) is 5.92. The van der Waals surface area contributed by atoms with Gasteiger partial charge in [0.05, 0.1) is 0 Å². The first kappa shape index (κ1) is 9.87. The molecule has 1 aliphatic carbocycles. The average Bonchev–Trinajstić information content (AvgIpc) is 2.76. The van der Waals surface area contributed by atoms with Crippen molar-refractivity contribution >= 4 is 17.1 Å². The lowest BCUT2D eigenvalue weighted by Crippen LogP contribution is -2.36. The molecule has 2 nitrogen and oxygen atoms in total. The number of thiophene rings is 1. The highest BCUT2D eigenvalue weighted by Gasteiger charge is 2.37. The van der Waals surface area contributed by atoms with Crippen LogP contribution in [-0.4, -0.2) is 16.5 Å². The summed E-state index contributed by atoms with van der Waals surface area (Å²) in [4.78, 5) is 11.8. The highest BCUT2D eigenvalue weighted by atomic mass is 32.1. The smallest absolute Gasteiger partial charge is 0.168 e. The normalized spacial score (nSPS) is 19.8. The SMILES string of the molecule is O=C(Cc1ccsc1)C1(O)CCCC1. The van der Waals surface area contributed by atoms with Crippen LogP contribution in [0.25, 0.3) is 0 Å². The molecule has 1 heterocycles. The predicted octanol–water partition coefficient (Wildman–Crippen LogP) is 2.16. The van der Waals surface area contributed by atoms with Crippen molar-refractivity contribution < 1.29 is 9.90 Å². The van der Waals surface area contributed by atoms with Crippen LogP contribution >= 0.6 is 11.3 Å². The van der Waals surface area contributed by atoms with Gasteiger partial charge < -0.3 is 5.11 Å². The zero-order valence-corrected chi connectivity index (χ0v) is 8.85. The second-order valence-electron chi connectivity index (χ2n) is 3.97. The Bertz CT molecular complexity index is 310. The minimum absolute atomic E-state index is 0.00611. The van der Waals surface area contributed by atoms with Gasteiger partial charge in [0, 0.05) is 6.42 Å². The van der Waals surface area contributed by atoms with E-state index in [0.717, 1.165) is 18.4 Å². The standard InChI is InChI=1S/C11H14O2S/c12-10(7-9-3-6-14-8-9)11(13)4-1-2-5-11/h3,6,8,13H,1-2,4-5,7H2. The highest BCUT2D eigenvalue weighted by Crippen LogP contribution is 2.31. The van der Waals surface area contributed by atoms with Crippen molar-refractivity contribution in [1.82, 2.24) is 0 Å². The molecule has 0 bridgehead atoms. The van der Waals surface area contributed by atoms with Gasteiger partial charge in [-0.2, -0.15) is 11.3 Å². The third-order valence-electron chi connectivity index (χ3n) is 2.89. The number of hydrogen-bond donors (Lipinski definition) is 1. The Morgan fingerprint density at radius 2 is 2.21 bits per heavy atom. The minimum Gasteiger partial charge on any atom is -0.382 e. The Labute approximate surface area is 87.6 Å². The monoisotopic (exact) mass is 210 g/mol. The lowest BCUT2D eigenvalue weighted by atomic mass is 9.93. The lowest BCUT2D eigenvalue weighted by molar-refractivity contribution is -0.136. The Morgan fingerprint density at radius 3 is 2.79 bits per heavy atom. The maximum atomic E-state index is 11.8. The summed E-state index contributed by atoms with van der Waals surface area (Å²) < 4.78 is 0. The molecule has 1 aromatic rings. The number of ketones is 1. The molecule has 1 fully saturated rings. The van der Waals surface area contributed by atoms with Gasteiger partial charge in [-0.15, -0.1) is 0 Å². The van der Waals surface area contributed by atoms with Crippen molar-refractivity contribution in [1.29, 1.82) is 0 Å². The molecule has 0 amide bonds. The largest absolute Gasteiger partial charge is 0.382 e. The van der Waals surface area contributed by atoms with Crippen LogP contribution in [0.2, 0.25) is 0 Å². The molecule has 0 saturated heterocycles. The van der Waals surface area contributed by atoms with E-state index < -0.39 is 5.60 Å². The van der Waals surface area contributed by atoms with E-state index in [1.807, 2.05) is 16.8 Å². The summed E-state index contributed by atoms with van der Waals surface area (Å²) in [5.41, 5.74) is 0.0161. The van der Waals surface area contributed by atoms with E-state index in [-0.39, 0.29) is 5.78 Å². The van der Waals surface area contributed by atoms with Gasteiger partial charge in [0.25, 0.3) is 0 Å². The zero-order chi connectivity index (χ0) is 10.0. The minimum atomic E-state index is -1.01. The van der Waals surface area contributed by atoms with E-state index in [2.05, 4.69) is 0 Å². The Balaban J connectivity index is 2.02. The van der Waals surface area contributed by atoms with Crippen LogP contribution in [-0.2, 0) is 11.2 Å². The molecule has 1 aliphatic rings. The second-order valence-corrected chi connectivity index (χ2v) is 4.75. The van der Waals surface area contributed by atoms with E-state index >= 15 is 0 Å². The van der Waals surface area contributed by atoms with Crippen molar-refractivity contribution in [2.75, 3.05) is 0 Å². The summed E-state index contributed by atoms with van der Waals surface area (Å²) in [6.45, 7) is 0. The van der Waals surface area contributed by atoms with Crippen LogP contribution in [0.3, 0.4) is 0 Å². The molecule has 76 valence electrons. The number of hydrogen-bond acceptors (Lipinski definition) is 3. The third-order valence-corrected chi connectivity index (χ3v) is 3.63. The summed E-state index contributed by atoms with van der Waals surface area (Å²) in [5, 5.41) is 13.9. The summed E-state index contributed by atoms with van der Waals surface area (Å²) >= 11 is 1.59. The molecular formula is C11H14O2S. The molecule has 0 aliphatic heterocycles. The van der Waals surface area contributed by atoms with Crippen LogP contribution in [0, 0.1) is 0 Å². The number of Topliss-reactive ketones (excluding diaryl/α,β-unsaturated/α-hetero) is 1. The fraction of sp³-hybridized carbons (Fsp3) is 0.545. The molecule has 0 unspecified atom stereocenters. The number of carbonyl (C=O) groups is 1. The van der Waals surface area contributed by atoms with Gasteiger partial charge in [0.15, 0.2) is 5.78 Å². The van der Waals surface area contributed by atoms with Gasteiger partial charge >= 0.3 is 0 Å². The summed E-state index contributed by atoms with van der Waals surface area (Å²) in [6, 6.07) is 1.95. The fourth-order valence-electron chi connectivity index (χ4n) is 1.98. The number of rotatable bonds is 3. The van der Waals surface area contributed by atoms with Crippen LogP contribution < -0.4 is 0 Å². The van der Waals surface area contributed by atoms with Crippen LogP contribution in [0.4, 0.5) is 0 Å². The molecule has 1 aromatic heterocycles.